The fraction of sp³-hybridized carbons (Fsp3) is 0.917. The van der Waals surface area contributed by atoms with Gasteiger partial charge in [0.1, 0.15) is 0 Å². The van der Waals surface area contributed by atoms with Crippen LogP contribution in [0.25, 0.3) is 0 Å². The smallest absolute Gasteiger partial charge is 0.255 e. The van der Waals surface area contributed by atoms with E-state index in [0.717, 1.165) is 19.3 Å². The average molecular weight is 285 g/mol. The zero-order valence-corrected chi connectivity index (χ0v) is 11.6. The van der Waals surface area contributed by atoms with Gasteiger partial charge in [-0.25, -0.2) is 8.78 Å². The number of amides is 1. The summed E-state index contributed by atoms with van der Waals surface area (Å²) in [4.78, 5) is 13.2. The van der Waals surface area contributed by atoms with Crippen LogP contribution in [0.2, 0.25) is 0 Å². The minimum Gasteiger partial charge on any atom is -0.337 e. The minimum absolute atomic E-state index is 0. The van der Waals surface area contributed by atoms with E-state index in [4.69, 9.17) is 5.73 Å². The van der Waals surface area contributed by atoms with Crippen molar-refractivity contribution >= 4 is 18.3 Å². The van der Waals surface area contributed by atoms with Crippen LogP contribution in [0.4, 0.5) is 8.78 Å². The zero-order chi connectivity index (χ0) is 12.8. The van der Waals surface area contributed by atoms with Crippen LogP contribution in [0.15, 0.2) is 0 Å². The lowest BCUT2D eigenvalue weighted by Crippen LogP contribution is -2.38. The Morgan fingerprint density at radius 1 is 1.44 bits per heavy atom. The Bertz CT molecular complexity index is 254. The maximum Gasteiger partial charge on any atom is 0.255 e. The SMILES string of the molecule is CCCN(CC(F)F)C(=O)C[C@@H]1CCC[C@H]1N.Cl. The monoisotopic (exact) mass is 284 g/mol. The summed E-state index contributed by atoms with van der Waals surface area (Å²) in [6, 6.07) is 0.0639. The van der Waals surface area contributed by atoms with E-state index in [1.54, 1.807) is 0 Å². The number of alkyl halides is 2. The summed E-state index contributed by atoms with van der Waals surface area (Å²) in [6.45, 7) is 1.84. The summed E-state index contributed by atoms with van der Waals surface area (Å²) in [7, 11) is 0. The van der Waals surface area contributed by atoms with E-state index in [2.05, 4.69) is 0 Å². The highest BCUT2D eigenvalue weighted by atomic mass is 35.5. The highest BCUT2D eigenvalue weighted by Crippen LogP contribution is 2.27. The molecular formula is C12H23ClF2N2O. The normalized spacial score (nSPS) is 22.9. The molecule has 0 aromatic carbocycles. The summed E-state index contributed by atoms with van der Waals surface area (Å²) < 4.78 is 24.7. The van der Waals surface area contributed by atoms with E-state index in [1.807, 2.05) is 6.92 Å². The summed E-state index contributed by atoms with van der Waals surface area (Å²) in [5.74, 6) is 0.00836. The van der Waals surface area contributed by atoms with Crippen molar-refractivity contribution in [1.29, 1.82) is 0 Å². The molecule has 1 saturated carbocycles. The van der Waals surface area contributed by atoms with Crippen molar-refractivity contribution in [2.24, 2.45) is 11.7 Å². The summed E-state index contributed by atoms with van der Waals surface area (Å²) >= 11 is 0. The second-order valence-electron chi connectivity index (χ2n) is 4.79. The summed E-state index contributed by atoms with van der Waals surface area (Å²) in [5, 5.41) is 0. The third-order valence-electron chi connectivity index (χ3n) is 3.36. The molecule has 0 heterocycles. The zero-order valence-electron chi connectivity index (χ0n) is 10.8. The van der Waals surface area contributed by atoms with Crippen LogP contribution in [-0.2, 0) is 4.79 Å². The van der Waals surface area contributed by atoms with Crippen molar-refractivity contribution in [2.75, 3.05) is 13.1 Å². The van der Waals surface area contributed by atoms with Crippen LogP contribution >= 0.6 is 12.4 Å². The first-order valence-electron chi connectivity index (χ1n) is 6.36. The second kappa shape index (κ2) is 8.64. The van der Waals surface area contributed by atoms with E-state index >= 15 is 0 Å². The molecule has 0 aromatic heterocycles. The molecule has 1 rings (SSSR count). The van der Waals surface area contributed by atoms with E-state index in [0.29, 0.717) is 19.4 Å². The molecule has 0 aliphatic heterocycles. The standard InChI is InChI=1S/C12H22F2N2O.ClH/c1-2-6-16(8-11(13)14)12(17)7-9-4-3-5-10(9)15;/h9-11H,2-8,15H2,1H3;1H/t9-,10+;/m0./s1. The molecule has 1 aliphatic rings. The topological polar surface area (TPSA) is 46.3 Å². The summed E-state index contributed by atoms with van der Waals surface area (Å²) in [5.41, 5.74) is 5.88. The van der Waals surface area contributed by atoms with Gasteiger partial charge in [-0.05, 0) is 25.2 Å². The van der Waals surface area contributed by atoms with Gasteiger partial charge in [-0.15, -0.1) is 12.4 Å². The van der Waals surface area contributed by atoms with Crippen molar-refractivity contribution in [3.05, 3.63) is 0 Å². The minimum atomic E-state index is -2.46. The maximum atomic E-state index is 12.3. The first-order chi connectivity index (χ1) is 8.04. The molecule has 2 N–H and O–H groups in total. The Labute approximate surface area is 113 Å². The number of hydrogen-bond acceptors (Lipinski definition) is 2. The van der Waals surface area contributed by atoms with Gasteiger partial charge in [0, 0.05) is 19.0 Å². The van der Waals surface area contributed by atoms with Gasteiger partial charge in [-0.1, -0.05) is 13.3 Å². The highest BCUT2D eigenvalue weighted by molar-refractivity contribution is 5.85. The second-order valence-corrected chi connectivity index (χ2v) is 4.79. The summed E-state index contributed by atoms with van der Waals surface area (Å²) in [6.07, 6.45) is 1.51. The Kier molecular flexibility index (Phi) is 8.44. The first-order valence-corrected chi connectivity index (χ1v) is 6.36. The predicted molar refractivity (Wildman–Crippen MR) is 70.1 cm³/mol. The molecule has 108 valence electrons. The molecule has 3 nitrogen and oxygen atoms in total. The maximum absolute atomic E-state index is 12.3. The Morgan fingerprint density at radius 3 is 2.56 bits per heavy atom. The lowest BCUT2D eigenvalue weighted by Gasteiger charge is -2.24. The number of hydrogen-bond donors (Lipinski definition) is 1. The first kappa shape index (κ1) is 17.6. The molecule has 0 unspecified atom stereocenters. The average Bonchev–Trinajstić information content (AvgIpc) is 2.63. The molecule has 2 atom stereocenters. The van der Waals surface area contributed by atoms with Gasteiger partial charge >= 0.3 is 0 Å². The number of carbonyl (C=O) groups excluding carboxylic acids is 1. The fourth-order valence-electron chi connectivity index (χ4n) is 2.43. The molecule has 18 heavy (non-hydrogen) atoms. The third kappa shape index (κ3) is 5.48. The van der Waals surface area contributed by atoms with E-state index in [9.17, 15) is 13.6 Å². The number of rotatable bonds is 6. The predicted octanol–water partition coefficient (Wildman–Crippen LogP) is 2.43. The molecule has 0 saturated heterocycles. The van der Waals surface area contributed by atoms with Crippen LogP contribution < -0.4 is 5.73 Å². The number of nitrogens with zero attached hydrogens (tertiary/aromatic N) is 1. The van der Waals surface area contributed by atoms with Crippen LogP contribution in [-0.4, -0.2) is 36.4 Å². The number of nitrogens with two attached hydrogens (primary N) is 1. The van der Waals surface area contributed by atoms with Crippen molar-refractivity contribution < 1.29 is 13.6 Å². The van der Waals surface area contributed by atoms with Gasteiger partial charge in [0.15, 0.2) is 0 Å². The third-order valence-corrected chi connectivity index (χ3v) is 3.36. The van der Waals surface area contributed by atoms with Crippen LogP contribution in [0.5, 0.6) is 0 Å². The Morgan fingerprint density at radius 2 is 2.11 bits per heavy atom. The van der Waals surface area contributed by atoms with Crippen molar-refractivity contribution in [2.45, 2.75) is 51.5 Å². The molecule has 0 radical (unpaired) electrons. The van der Waals surface area contributed by atoms with Crippen LogP contribution in [0.3, 0.4) is 0 Å². The molecule has 0 spiro atoms. The van der Waals surface area contributed by atoms with Crippen molar-refractivity contribution in [1.82, 2.24) is 4.90 Å². The Balaban J connectivity index is 0.00000289. The van der Waals surface area contributed by atoms with Crippen molar-refractivity contribution in [3.63, 3.8) is 0 Å². The molecule has 6 heteroatoms. The van der Waals surface area contributed by atoms with Crippen LogP contribution in [0, 0.1) is 5.92 Å². The van der Waals surface area contributed by atoms with Gasteiger partial charge in [0.2, 0.25) is 5.91 Å². The molecule has 0 aromatic rings. The van der Waals surface area contributed by atoms with E-state index in [-0.39, 0.29) is 30.3 Å². The number of halogens is 3. The molecule has 1 aliphatic carbocycles. The highest BCUT2D eigenvalue weighted by Gasteiger charge is 2.28. The van der Waals surface area contributed by atoms with Gasteiger partial charge in [-0.3, -0.25) is 4.79 Å². The van der Waals surface area contributed by atoms with Gasteiger partial charge in [-0.2, -0.15) is 0 Å². The van der Waals surface area contributed by atoms with Crippen LogP contribution in [0.1, 0.15) is 39.0 Å². The Hall–Kier alpha value is -0.420. The molecule has 1 amide bonds. The lowest BCUT2D eigenvalue weighted by molar-refractivity contribution is -0.134. The van der Waals surface area contributed by atoms with Gasteiger partial charge in [0.05, 0.1) is 6.54 Å². The number of carbonyl (C=O) groups is 1. The van der Waals surface area contributed by atoms with E-state index < -0.39 is 13.0 Å². The molecular weight excluding hydrogens is 262 g/mol. The quantitative estimate of drug-likeness (QED) is 0.814. The largest absolute Gasteiger partial charge is 0.337 e. The van der Waals surface area contributed by atoms with Crippen molar-refractivity contribution in [3.8, 4) is 0 Å². The van der Waals surface area contributed by atoms with E-state index in [1.165, 1.54) is 4.90 Å². The van der Waals surface area contributed by atoms with Gasteiger partial charge in [0.25, 0.3) is 6.43 Å². The molecule has 0 bridgehead atoms. The molecule has 1 fully saturated rings. The fourth-order valence-corrected chi connectivity index (χ4v) is 2.43. The lowest BCUT2D eigenvalue weighted by atomic mass is 9.99. The van der Waals surface area contributed by atoms with Gasteiger partial charge < -0.3 is 10.6 Å².